The Kier molecular flexibility index (Phi) is 3.26. The van der Waals surface area contributed by atoms with Crippen molar-refractivity contribution in [1.82, 2.24) is 25.1 Å². The van der Waals surface area contributed by atoms with Crippen molar-refractivity contribution < 1.29 is 9.90 Å². The van der Waals surface area contributed by atoms with Crippen LogP contribution in [0.25, 0.3) is 11.0 Å². The van der Waals surface area contributed by atoms with Gasteiger partial charge in [0.05, 0.1) is 21.3 Å². The Morgan fingerprint density at radius 2 is 2.25 bits per heavy atom. The molecule has 9 heteroatoms. The number of halogens is 1. The van der Waals surface area contributed by atoms with Crippen molar-refractivity contribution in [2.75, 3.05) is 5.32 Å². The van der Waals surface area contributed by atoms with Gasteiger partial charge in [-0.3, -0.25) is 5.10 Å². The largest absolute Gasteiger partial charge is 0.476 e. The number of aromatic carboxylic acids is 1. The van der Waals surface area contributed by atoms with Gasteiger partial charge < -0.3 is 15.4 Å². The molecule has 4 N–H and O–H groups in total. The number of carboxylic acids is 1. The molecular formula is C11H9IN6O2. The molecule has 0 aliphatic heterocycles. The SMILES string of the molecule is O=C(O)c1cc(CNc2ncnc3[nH]c(I)cc23)[nH]n1. The molecule has 3 aromatic heterocycles. The number of rotatable bonds is 4. The van der Waals surface area contributed by atoms with E-state index in [1.165, 1.54) is 12.4 Å². The Balaban J connectivity index is 1.81. The maximum absolute atomic E-state index is 10.7. The van der Waals surface area contributed by atoms with Crippen molar-refractivity contribution in [2.24, 2.45) is 0 Å². The first kappa shape index (κ1) is 12.8. The Bertz CT molecular complexity index is 780. The van der Waals surface area contributed by atoms with Crippen molar-refractivity contribution in [3.63, 3.8) is 0 Å². The van der Waals surface area contributed by atoms with Gasteiger partial charge in [-0.25, -0.2) is 14.8 Å². The highest BCUT2D eigenvalue weighted by molar-refractivity contribution is 14.1. The summed E-state index contributed by atoms with van der Waals surface area (Å²) in [6, 6.07) is 3.42. The molecule has 0 radical (unpaired) electrons. The number of anilines is 1. The van der Waals surface area contributed by atoms with Crippen LogP contribution in [0.1, 0.15) is 16.2 Å². The topological polar surface area (TPSA) is 120 Å². The Hall–Kier alpha value is -2.17. The molecule has 0 saturated heterocycles. The van der Waals surface area contributed by atoms with Crippen molar-refractivity contribution in [2.45, 2.75) is 6.54 Å². The number of aromatic amines is 2. The molecule has 0 aliphatic rings. The average molecular weight is 384 g/mol. The van der Waals surface area contributed by atoms with Gasteiger partial charge in [0.1, 0.15) is 17.8 Å². The minimum absolute atomic E-state index is 0.00849. The number of carboxylic acid groups (broad SMARTS) is 1. The van der Waals surface area contributed by atoms with E-state index in [9.17, 15) is 4.79 Å². The standard InChI is InChI=1S/C11H9IN6O2/c12-8-2-6-9(14-4-15-10(6)16-8)13-3-5-1-7(11(19)20)18-17-5/h1-2,4H,3H2,(H,17,18)(H,19,20)(H2,13,14,15,16). The maximum atomic E-state index is 10.7. The van der Waals surface area contributed by atoms with Gasteiger partial charge in [-0.1, -0.05) is 0 Å². The molecule has 0 atom stereocenters. The summed E-state index contributed by atoms with van der Waals surface area (Å²) in [4.78, 5) is 22.2. The van der Waals surface area contributed by atoms with Crippen LogP contribution in [0.3, 0.4) is 0 Å². The van der Waals surface area contributed by atoms with Crippen LogP contribution >= 0.6 is 22.6 Å². The van der Waals surface area contributed by atoms with Gasteiger partial charge in [0, 0.05) is 0 Å². The van der Waals surface area contributed by atoms with Gasteiger partial charge in [-0.2, -0.15) is 5.10 Å². The molecule has 0 amide bonds. The van der Waals surface area contributed by atoms with Crippen LogP contribution in [0.5, 0.6) is 0 Å². The molecule has 102 valence electrons. The lowest BCUT2D eigenvalue weighted by atomic mass is 10.3. The zero-order valence-electron chi connectivity index (χ0n) is 10.0. The number of carbonyl (C=O) groups is 1. The quantitative estimate of drug-likeness (QED) is 0.508. The minimum atomic E-state index is -1.06. The fraction of sp³-hybridized carbons (Fsp3) is 0.0909. The normalized spacial score (nSPS) is 10.8. The summed E-state index contributed by atoms with van der Waals surface area (Å²) in [7, 11) is 0. The summed E-state index contributed by atoms with van der Waals surface area (Å²) in [5, 5.41) is 19.2. The molecule has 0 fully saturated rings. The van der Waals surface area contributed by atoms with Crippen LogP contribution < -0.4 is 5.32 Å². The summed E-state index contributed by atoms with van der Waals surface area (Å²) in [5.74, 6) is -0.377. The highest BCUT2D eigenvalue weighted by atomic mass is 127. The first-order valence-corrected chi connectivity index (χ1v) is 6.72. The van der Waals surface area contributed by atoms with Gasteiger partial charge >= 0.3 is 5.97 Å². The van der Waals surface area contributed by atoms with Gasteiger partial charge in [-0.15, -0.1) is 0 Å². The summed E-state index contributed by atoms with van der Waals surface area (Å²) in [6.45, 7) is 0.397. The van der Waals surface area contributed by atoms with Gasteiger partial charge in [0.25, 0.3) is 0 Å². The predicted octanol–water partition coefficient (Wildman–Crippen LogP) is 1.60. The lowest BCUT2D eigenvalue weighted by molar-refractivity contribution is 0.0690. The van der Waals surface area contributed by atoms with Crippen molar-refractivity contribution >= 4 is 45.4 Å². The molecule has 0 spiro atoms. The first-order chi connectivity index (χ1) is 9.63. The fourth-order valence-corrected chi connectivity index (χ4v) is 2.36. The lowest BCUT2D eigenvalue weighted by Crippen LogP contribution is -2.02. The van der Waals surface area contributed by atoms with E-state index < -0.39 is 5.97 Å². The summed E-state index contributed by atoms with van der Waals surface area (Å²) in [5.41, 5.74) is 1.41. The third-order valence-corrected chi connectivity index (χ3v) is 3.27. The summed E-state index contributed by atoms with van der Waals surface area (Å²) in [6.07, 6.45) is 1.47. The molecule has 0 aromatic carbocycles. The highest BCUT2D eigenvalue weighted by Gasteiger charge is 2.10. The summed E-state index contributed by atoms with van der Waals surface area (Å²) < 4.78 is 0.968. The Morgan fingerprint density at radius 1 is 1.40 bits per heavy atom. The lowest BCUT2D eigenvalue weighted by Gasteiger charge is -2.04. The zero-order valence-corrected chi connectivity index (χ0v) is 12.2. The fourth-order valence-electron chi connectivity index (χ4n) is 1.79. The number of nitrogens with one attached hydrogen (secondary N) is 3. The second-order valence-corrected chi connectivity index (χ2v) is 5.20. The number of hydrogen-bond acceptors (Lipinski definition) is 5. The van der Waals surface area contributed by atoms with Crippen LogP contribution in [0, 0.1) is 3.70 Å². The third kappa shape index (κ3) is 2.43. The van der Waals surface area contributed by atoms with Crippen LogP contribution in [0.4, 0.5) is 5.82 Å². The monoisotopic (exact) mass is 384 g/mol. The molecule has 0 aliphatic carbocycles. The Labute approximate surface area is 126 Å². The van der Waals surface area contributed by atoms with Gasteiger partial charge in [-0.05, 0) is 34.7 Å². The molecule has 8 nitrogen and oxygen atoms in total. The molecular weight excluding hydrogens is 375 g/mol. The first-order valence-electron chi connectivity index (χ1n) is 5.64. The number of hydrogen-bond donors (Lipinski definition) is 4. The minimum Gasteiger partial charge on any atom is -0.476 e. The van der Waals surface area contributed by atoms with Crippen molar-refractivity contribution in [3.05, 3.63) is 33.5 Å². The number of nitrogens with zero attached hydrogens (tertiary/aromatic N) is 3. The van der Waals surface area contributed by atoms with E-state index in [-0.39, 0.29) is 5.69 Å². The molecule has 0 bridgehead atoms. The van der Waals surface area contributed by atoms with E-state index in [2.05, 4.69) is 53.1 Å². The second-order valence-electron chi connectivity index (χ2n) is 4.04. The van der Waals surface area contributed by atoms with Crippen molar-refractivity contribution in [1.29, 1.82) is 0 Å². The zero-order chi connectivity index (χ0) is 14.1. The third-order valence-electron chi connectivity index (χ3n) is 2.69. The predicted molar refractivity (Wildman–Crippen MR) is 79.5 cm³/mol. The molecule has 0 unspecified atom stereocenters. The van der Waals surface area contributed by atoms with Crippen molar-refractivity contribution in [3.8, 4) is 0 Å². The van der Waals surface area contributed by atoms with E-state index in [4.69, 9.17) is 5.11 Å². The smallest absolute Gasteiger partial charge is 0.356 e. The maximum Gasteiger partial charge on any atom is 0.356 e. The molecule has 3 rings (SSSR count). The van der Waals surface area contributed by atoms with Crippen LogP contribution in [0.15, 0.2) is 18.5 Å². The van der Waals surface area contributed by atoms with E-state index >= 15 is 0 Å². The molecule has 0 saturated carbocycles. The number of aromatic nitrogens is 5. The van der Waals surface area contributed by atoms with Gasteiger partial charge in [0.2, 0.25) is 0 Å². The number of H-pyrrole nitrogens is 2. The van der Waals surface area contributed by atoms with Crippen LogP contribution in [-0.4, -0.2) is 36.2 Å². The van der Waals surface area contributed by atoms with E-state index in [0.717, 1.165) is 14.7 Å². The van der Waals surface area contributed by atoms with Gasteiger partial charge in [0.15, 0.2) is 5.69 Å². The highest BCUT2D eigenvalue weighted by Crippen LogP contribution is 2.21. The molecule has 3 aromatic rings. The van der Waals surface area contributed by atoms with E-state index in [1.807, 2.05) is 6.07 Å². The second kappa shape index (κ2) is 5.07. The average Bonchev–Trinajstić information content (AvgIpc) is 3.01. The molecule has 3 heterocycles. The van der Waals surface area contributed by atoms with E-state index in [0.29, 0.717) is 18.1 Å². The number of fused-ring (bicyclic) bond motifs is 1. The van der Waals surface area contributed by atoms with Crippen LogP contribution in [0.2, 0.25) is 0 Å². The Morgan fingerprint density at radius 3 is 3.00 bits per heavy atom. The van der Waals surface area contributed by atoms with E-state index in [1.54, 1.807) is 0 Å². The van der Waals surface area contributed by atoms with Crippen LogP contribution in [-0.2, 0) is 6.54 Å². The summed E-state index contributed by atoms with van der Waals surface area (Å²) >= 11 is 2.17. The molecule has 20 heavy (non-hydrogen) atoms.